The minimum Gasteiger partial charge on any atom is -0.491 e. The van der Waals surface area contributed by atoms with Crippen molar-refractivity contribution in [3.8, 4) is 5.75 Å². The third kappa shape index (κ3) is 5.17. The normalized spacial score (nSPS) is 11.5. The Labute approximate surface area is 145 Å². The molecule has 2 aromatic carbocycles. The summed E-state index contributed by atoms with van der Waals surface area (Å²) in [6.07, 6.45) is 0. The van der Waals surface area contributed by atoms with Crippen molar-refractivity contribution in [1.82, 2.24) is 4.72 Å². The van der Waals surface area contributed by atoms with Crippen LogP contribution >= 0.6 is 11.6 Å². The number of sulfonamides is 1. The molecular weight excluding hydrogens is 357 g/mol. The predicted octanol–water partition coefficient (Wildman–Crippen LogP) is 2.98. The first-order valence-electron chi connectivity index (χ1n) is 7.08. The molecule has 0 radical (unpaired) electrons. The molecule has 0 aliphatic rings. The Bertz CT molecular complexity index is 781. The average molecular weight is 374 g/mol. The fraction of sp³-hybridized carbons (Fsp3) is 0.250. The van der Waals surface area contributed by atoms with E-state index in [4.69, 9.17) is 21.1 Å². The first-order valence-corrected chi connectivity index (χ1v) is 8.94. The van der Waals surface area contributed by atoms with E-state index < -0.39 is 15.8 Å². The van der Waals surface area contributed by atoms with Crippen LogP contribution in [-0.4, -0.2) is 28.7 Å². The van der Waals surface area contributed by atoms with E-state index in [-0.39, 0.29) is 16.5 Å². The van der Waals surface area contributed by atoms with Gasteiger partial charge in [0.25, 0.3) is 0 Å². The van der Waals surface area contributed by atoms with Crippen molar-refractivity contribution in [2.24, 2.45) is 0 Å². The van der Waals surface area contributed by atoms with Crippen LogP contribution in [0.3, 0.4) is 0 Å². The molecule has 0 heterocycles. The summed E-state index contributed by atoms with van der Waals surface area (Å²) in [6.45, 7) is 1.02. The summed E-state index contributed by atoms with van der Waals surface area (Å²) in [5, 5.41) is -0.240. The quantitative estimate of drug-likeness (QED) is 0.722. The number of methoxy groups -OCH3 is 1. The SMILES string of the molecule is COCCOc1ccc(CNS(=O)(=O)c2ccc(F)c(Cl)c2)cc1. The van der Waals surface area contributed by atoms with Gasteiger partial charge >= 0.3 is 0 Å². The van der Waals surface area contributed by atoms with Crippen LogP contribution in [0.5, 0.6) is 5.75 Å². The van der Waals surface area contributed by atoms with Gasteiger partial charge in [-0.15, -0.1) is 0 Å². The molecule has 5 nitrogen and oxygen atoms in total. The topological polar surface area (TPSA) is 64.6 Å². The highest BCUT2D eigenvalue weighted by atomic mass is 35.5. The van der Waals surface area contributed by atoms with Gasteiger partial charge in [0.1, 0.15) is 18.2 Å². The van der Waals surface area contributed by atoms with Crippen LogP contribution in [0.2, 0.25) is 5.02 Å². The maximum absolute atomic E-state index is 13.1. The second-order valence-electron chi connectivity index (χ2n) is 4.89. The van der Waals surface area contributed by atoms with Crippen LogP contribution in [0, 0.1) is 5.82 Å². The summed E-state index contributed by atoms with van der Waals surface area (Å²) >= 11 is 5.62. The molecule has 0 saturated heterocycles. The van der Waals surface area contributed by atoms with E-state index in [0.717, 1.165) is 23.8 Å². The van der Waals surface area contributed by atoms with Gasteiger partial charge in [0.05, 0.1) is 16.5 Å². The molecule has 0 atom stereocenters. The van der Waals surface area contributed by atoms with Crippen molar-refractivity contribution in [2.75, 3.05) is 20.3 Å². The second kappa shape index (κ2) is 8.43. The maximum Gasteiger partial charge on any atom is 0.240 e. The van der Waals surface area contributed by atoms with Gasteiger partial charge in [-0.25, -0.2) is 17.5 Å². The summed E-state index contributed by atoms with van der Waals surface area (Å²) in [7, 11) is -2.18. The third-order valence-corrected chi connectivity index (χ3v) is 4.84. The number of halogens is 2. The number of hydrogen-bond donors (Lipinski definition) is 1. The van der Waals surface area contributed by atoms with Crippen LogP contribution in [0.4, 0.5) is 4.39 Å². The van der Waals surface area contributed by atoms with Gasteiger partial charge in [0, 0.05) is 13.7 Å². The standard InChI is InChI=1S/C16H17ClFNO4S/c1-22-8-9-23-13-4-2-12(3-5-13)11-19-24(20,21)14-6-7-16(18)15(17)10-14/h2-7,10,19H,8-9,11H2,1H3. The molecule has 130 valence electrons. The van der Waals surface area contributed by atoms with Crippen LogP contribution in [-0.2, 0) is 21.3 Å². The van der Waals surface area contributed by atoms with E-state index in [9.17, 15) is 12.8 Å². The summed E-state index contributed by atoms with van der Waals surface area (Å²) in [6, 6.07) is 10.2. The zero-order valence-corrected chi connectivity index (χ0v) is 14.5. The lowest BCUT2D eigenvalue weighted by molar-refractivity contribution is 0.146. The maximum atomic E-state index is 13.1. The Kier molecular flexibility index (Phi) is 6.56. The van der Waals surface area contributed by atoms with Crippen molar-refractivity contribution in [3.05, 3.63) is 58.9 Å². The molecule has 8 heteroatoms. The van der Waals surface area contributed by atoms with Crippen LogP contribution < -0.4 is 9.46 Å². The first-order chi connectivity index (χ1) is 11.4. The largest absolute Gasteiger partial charge is 0.491 e. The molecular formula is C16H17ClFNO4S. The van der Waals surface area contributed by atoms with Crippen molar-refractivity contribution >= 4 is 21.6 Å². The molecule has 0 aliphatic carbocycles. The van der Waals surface area contributed by atoms with Crippen molar-refractivity contribution in [3.63, 3.8) is 0 Å². The summed E-state index contributed by atoms with van der Waals surface area (Å²) < 4.78 is 50.2. The van der Waals surface area contributed by atoms with Gasteiger partial charge in [-0.1, -0.05) is 23.7 Å². The molecule has 0 aliphatic heterocycles. The number of ether oxygens (including phenoxy) is 2. The third-order valence-electron chi connectivity index (χ3n) is 3.15. The van der Waals surface area contributed by atoms with Gasteiger partial charge in [-0.05, 0) is 35.9 Å². The van der Waals surface area contributed by atoms with Gasteiger partial charge in [0.15, 0.2) is 0 Å². The molecule has 0 aromatic heterocycles. The lowest BCUT2D eigenvalue weighted by Gasteiger charge is -2.09. The van der Waals surface area contributed by atoms with E-state index >= 15 is 0 Å². The van der Waals surface area contributed by atoms with Gasteiger partial charge in [-0.2, -0.15) is 0 Å². The second-order valence-corrected chi connectivity index (χ2v) is 7.06. The van der Waals surface area contributed by atoms with Gasteiger partial charge in [-0.3, -0.25) is 0 Å². The van der Waals surface area contributed by atoms with E-state index in [0.29, 0.717) is 19.0 Å². The van der Waals surface area contributed by atoms with Crippen LogP contribution in [0.25, 0.3) is 0 Å². The van der Waals surface area contributed by atoms with Crippen molar-refractivity contribution in [1.29, 1.82) is 0 Å². The highest BCUT2D eigenvalue weighted by molar-refractivity contribution is 7.89. The summed E-state index contributed by atoms with van der Waals surface area (Å²) in [4.78, 5) is -0.0894. The zero-order valence-electron chi connectivity index (χ0n) is 13.0. The van der Waals surface area contributed by atoms with Gasteiger partial charge in [0.2, 0.25) is 10.0 Å². The van der Waals surface area contributed by atoms with Crippen LogP contribution in [0.15, 0.2) is 47.4 Å². The van der Waals surface area contributed by atoms with Crippen molar-refractivity contribution < 1.29 is 22.3 Å². The lowest BCUT2D eigenvalue weighted by Crippen LogP contribution is -2.23. The van der Waals surface area contributed by atoms with Crippen molar-refractivity contribution in [2.45, 2.75) is 11.4 Å². The fourth-order valence-electron chi connectivity index (χ4n) is 1.85. The summed E-state index contributed by atoms with van der Waals surface area (Å²) in [5.74, 6) is 0.00338. The van der Waals surface area contributed by atoms with E-state index in [1.165, 1.54) is 0 Å². The van der Waals surface area contributed by atoms with E-state index in [1.807, 2.05) is 0 Å². The average Bonchev–Trinajstić information content (AvgIpc) is 2.57. The molecule has 2 aromatic rings. The van der Waals surface area contributed by atoms with Gasteiger partial charge < -0.3 is 9.47 Å². The molecule has 0 bridgehead atoms. The molecule has 0 unspecified atom stereocenters. The van der Waals surface area contributed by atoms with E-state index in [2.05, 4.69) is 4.72 Å². The fourth-order valence-corrected chi connectivity index (χ4v) is 3.14. The minimum absolute atomic E-state index is 0.0894. The van der Waals surface area contributed by atoms with E-state index in [1.54, 1.807) is 31.4 Å². The Morgan fingerprint density at radius 3 is 2.46 bits per heavy atom. The smallest absolute Gasteiger partial charge is 0.240 e. The molecule has 0 amide bonds. The first kappa shape index (κ1) is 18.7. The number of nitrogens with one attached hydrogen (secondary N) is 1. The monoisotopic (exact) mass is 373 g/mol. The molecule has 0 fully saturated rings. The Morgan fingerprint density at radius 1 is 1.12 bits per heavy atom. The summed E-state index contributed by atoms with van der Waals surface area (Å²) in [5.41, 5.74) is 0.755. The Morgan fingerprint density at radius 2 is 1.83 bits per heavy atom. The van der Waals surface area contributed by atoms with Crippen LogP contribution in [0.1, 0.15) is 5.56 Å². The zero-order chi connectivity index (χ0) is 17.6. The molecule has 0 saturated carbocycles. The highest BCUT2D eigenvalue weighted by Crippen LogP contribution is 2.19. The molecule has 2 rings (SSSR count). The minimum atomic E-state index is -3.77. The lowest BCUT2D eigenvalue weighted by atomic mass is 10.2. The Balaban J connectivity index is 1.97. The molecule has 0 spiro atoms. The Hall–Kier alpha value is -1.67. The highest BCUT2D eigenvalue weighted by Gasteiger charge is 2.15. The number of benzene rings is 2. The molecule has 24 heavy (non-hydrogen) atoms. The number of hydrogen-bond acceptors (Lipinski definition) is 4. The molecule has 1 N–H and O–H groups in total. The predicted molar refractivity (Wildman–Crippen MR) is 89.2 cm³/mol. The number of rotatable bonds is 8.